The number of benzene rings is 1. The van der Waals surface area contributed by atoms with E-state index in [2.05, 4.69) is 16.9 Å². The van der Waals surface area contributed by atoms with Gasteiger partial charge in [-0.05, 0) is 47.3 Å². The first-order valence-electron chi connectivity index (χ1n) is 36.6. The molecule has 15 unspecified atom stereocenters. The van der Waals surface area contributed by atoms with Gasteiger partial charge in [0.1, 0.15) is 75.3 Å². The lowest BCUT2D eigenvalue weighted by Gasteiger charge is -2.52. The molecular weight excluding hydrogens is 1380 g/mol. The van der Waals surface area contributed by atoms with Crippen molar-refractivity contribution in [3.8, 4) is 0 Å². The molecule has 105 heavy (non-hydrogen) atoms. The first-order chi connectivity index (χ1) is 50.0. The lowest BCUT2D eigenvalue weighted by Crippen LogP contribution is -2.64. The molecule has 0 saturated carbocycles. The van der Waals surface area contributed by atoms with Crippen LogP contribution in [0.25, 0.3) is 10.4 Å². The monoisotopic (exact) mass is 1500 g/mol. The lowest BCUT2D eigenvalue weighted by atomic mass is 9.79. The fourth-order valence-electron chi connectivity index (χ4n) is 15.6. The Hall–Kier alpha value is -4.88. The zero-order valence-corrected chi connectivity index (χ0v) is 64.3. The molecule has 0 radical (unpaired) electrons. The van der Waals surface area contributed by atoms with Gasteiger partial charge in [0.25, 0.3) is 0 Å². The predicted molar refractivity (Wildman–Crippen MR) is 365 cm³/mol. The largest absolute Gasteiger partial charge is 0.463 e. The second kappa shape index (κ2) is 39.7. The van der Waals surface area contributed by atoms with Crippen LogP contribution in [-0.4, -0.2) is 264 Å². The minimum absolute atomic E-state index is 0.00749. The number of ether oxygens (including phenoxy) is 23. The van der Waals surface area contributed by atoms with Gasteiger partial charge in [-0.1, -0.05) is 99.5 Å². The summed E-state index contributed by atoms with van der Waals surface area (Å²) >= 11 is 0. The van der Waals surface area contributed by atoms with Crippen LogP contribution in [0.2, 0.25) is 0 Å². The smallest absolute Gasteiger partial charge is 0.338 e. The Morgan fingerprint density at radius 1 is 0.371 bits per heavy atom. The number of azide groups is 1. The Morgan fingerprint density at radius 3 is 1.09 bits per heavy atom. The Labute approximate surface area is 615 Å². The third-order valence-electron chi connectivity index (χ3n) is 22.4. The van der Waals surface area contributed by atoms with Crippen LogP contribution < -0.4 is 0 Å². The van der Waals surface area contributed by atoms with Crippen molar-refractivity contribution in [2.24, 2.45) is 70.2 Å². The Morgan fingerprint density at radius 2 is 0.695 bits per heavy atom. The van der Waals surface area contributed by atoms with Gasteiger partial charge in [0, 0.05) is 104 Å². The second-order valence-electron chi connectivity index (χ2n) is 29.3. The molecule has 0 aliphatic carbocycles. The molecule has 7 saturated heterocycles. The van der Waals surface area contributed by atoms with Crippen LogP contribution in [0.5, 0.6) is 0 Å². The highest BCUT2D eigenvalue weighted by atomic mass is 16.8. The number of methoxy groups -OCH3 is 5. The van der Waals surface area contributed by atoms with E-state index in [-0.39, 0.29) is 75.8 Å². The molecule has 35 atom stereocenters. The third-order valence-corrected chi connectivity index (χ3v) is 22.4. The lowest BCUT2D eigenvalue weighted by molar-refractivity contribution is -0.382. The van der Waals surface area contributed by atoms with Gasteiger partial charge >= 0.3 is 29.8 Å². The summed E-state index contributed by atoms with van der Waals surface area (Å²) in [6.07, 6.45) is -21.0. The summed E-state index contributed by atoms with van der Waals surface area (Å²) in [6.45, 7) is 25.9. The molecule has 7 aliphatic heterocycles. The Bertz CT molecular complexity index is 2950. The zero-order chi connectivity index (χ0) is 76.8. The van der Waals surface area contributed by atoms with Crippen LogP contribution in [0.1, 0.15) is 114 Å². The van der Waals surface area contributed by atoms with E-state index in [1.807, 2.05) is 62.3 Å². The van der Waals surface area contributed by atoms with Gasteiger partial charge in [-0.15, -0.1) is 0 Å². The maximum atomic E-state index is 13.8. The first kappa shape index (κ1) is 85.7. The van der Waals surface area contributed by atoms with Crippen molar-refractivity contribution in [2.75, 3.05) is 81.8 Å². The molecule has 32 nitrogen and oxygen atoms in total. The Balaban J connectivity index is 0.998. The number of esters is 5. The van der Waals surface area contributed by atoms with Gasteiger partial charge in [0.2, 0.25) is 0 Å². The quantitative estimate of drug-likeness (QED) is 0.0273. The molecule has 8 rings (SSSR count). The third kappa shape index (κ3) is 21.0. The van der Waals surface area contributed by atoms with E-state index >= 15 is 0 Å². The second-order valence-corrected chi connectivity index (χ2v) is 29.3. The standard InChI is InChI=1S/C73H115N3O29/c1-33-34(2)49(29-88-44(12)77)94-68(37(33)5)102-62-43(11)65(92-47(15)80)73(99-54(62)31-90-46(14)79)104-58-36(4)39(7)70(96-55(58)32-91-66(81)48-24-22-21-23-25-48)101-61-41(9)63(86-19)71(97-51(61)27-84-17)103-57-35(3)38(6)69(95-50(57)26-83-16)100-60-42(10)64(87-20)72(98-52(60)28-85-18)105-59-40(8)56(75-76-74)67(82)93-53(59)30-89-45(13)78/h21-25,33-43,49-65,67-73,82H,26-32H2,1-20H3/t33?,34-,35?,36+,37?,38?,39?,40+,41-,42?,43?,49-,50-,51?,52-,53?,54-,55?,56?,57-,58-,59-,60-,61-,62-,63?,64?,65?,67?,68+,69+,70-,71-,72-,73-/m0/s1. The van der Waals surface area contributed by atoms with E-state index in [9.17, 15) is 34.6 Å². The molecule has 7 fully saturated rings. The highest BCUT2D eigenvalue weighted by Crippen LogP contribution is 2.46. The number of aliphatic hydroxyl groups excluding tert-OH is 1. The van der Waals surface area contributed by atoms with Crippen LogP contribution in [0, 0.1) is 65.1 Å². The number of carbonyl (C=O) groups is 5. The molecule has 596 valence electrons. The van der Waals surface area contributed by atoms with Crippen molar-refractivity contribution in [2.45, 2.75) is 252 Å². The highest BCUT2D eigenvalue weighted by Gasteiger charge is 2.58. The van der Waals surface area contributed by atoms with Gasteiger partial charge in [-0.2, -0.15) is 0 Å². The molecule has 7 heterocycles. The number of aliphatic hydroxyl groups is 1. The van der Waals surface area contributed by atoms with Crippen molar-refractivity contribution in [3.05, 3.63) is 46.3 Å². The summed E-state index contributed by atoms with van der Waals surface area (Å²) in [7, 11) is 7.73. The number of rotatable bonds is 31. The highest BCUT2D eigenvalue weighted by molar-refractivity contribution is 5.89. The van der Waals surface area contributed by atoms with Crippen LogP contribution in [0.15, 0.2) is 35.4 Å². The summed E-state index contributed by atoms with van der Waals surface area (Å²) in [5, 5.41) is 14.6. The zero-order valence-electron chi connectivity index (χ0n) is 64.3. The minimum atomic E-state index is -1.50. The summed E-state index contributed by atoms with van der Waals surface area (Å²) in [4.78, 5) is 66.3. The number of nitrogens with zero attached hydrogens (tertiary/aromatic N) is 3. The molecule has 0 spiro atoms. The fourth-order valence-corrected chi connectivity index (χ4v) is 15.6. The van der Waals surface area contributed by atoms with E-state index < -0.39 is 213 Å². The number of hydrogen-bond donors (Lipinski definition) is 1. The fraction of sp³-hybridized carbons (Fsp3) is 0.849. The van der Waals surface area contributed by atoms with Crippen molar-refractivity contribution >= 4 is 29.8 Å². The normalized spacial score (nSPS) is 42.3. The van der Waals surface area contributed by atoms with E-state index in [1.165, 1.54) is 41.9 Å². The maximum absolute atomic E-state index is 13.8. The van der Waals surface area contributed by atoms with Crippen LogP contribution >= 0.6 is 0 Å². The van der Waals surface area contributed by atoms with Crippen LogP contribution in [0.4, 0.5) is 0 Å². The summed E-state index contributed by atoms with van der Waals surface area (Å²) in [5.41, 5.74) is 9.68. The average molecular weight is 1500 g/mol. The summed E-state index contributed by atoms with van der Waals surface area (Å²) in [6, 6.07) is 7.45. The van der Waals surface area contributed by atoms with E-state index in [1.54, 1.807) is 58.6 Å². The van der Waals surface area contributed by atoms with Gasteiger partial charge in [0.15, 0.2) is 50.1 Å². The molecule has 0 aromatic heterocycles. The maximum Gasteiger partial charge on any atom is 0.338 e. The van der Waals surface area contributed by atoms with Crippen LogP contribution in [0.3, 0.4) is 0 Å². The first-order valence-corrected chi connectivity index (χ1v) is 36.6. The summed E-state index contributed by atoms with van der Waals surface area (Å²) < 4.78 is 147. The number of hydrogen-bond acceptors (Lipinski definition) is 30. The molecule has 1 aromatic rings. The molecule has 1 aromatic carbocycles. The molecule has 0 amide bonds. The van der Waals surface area contributed by atoms with E-state index in [0.29, 0.717) is 5.56 Å². The molecular formula is C73H115N3O29. The van der Waals surface area contributed by atoms with Gasteiger partial charge in [0.05, 0.1) is 74.2 Å². The van der Waals surface area contributed by atoms with Crippen molar-refractivity contribution in [3.63, 3.8) is 0 Å². The van der Waals surface area contributed by atoms with Gasteiger partial charge < -0.3 is 114 Å². The summed E-state index contributed by atoms with van der Waals surface area (Å²) in [5.74, 6) is -6.81. The van der Waals surface area contributed by atoms with Gasteiger partial charge in [-0.25, -0.2) is 4.79 Å². The molecule has 7 aliphatic rings. The predicted octanol–water partition coefficient (Wildman–Crippen LogP) is 6.49. The SMILES string of the molecule is COCC1O[C@@H](O[C@H]2C(C)C(C)[C@@H](O[C@H]3C(C)C(OC)[C@H](O[C@@H]4C(COC(C)=O)OC(O)C(N=[N+]=[N-])[C@H]4C)O[C@H]3COC)O[C@H]2COC)C(OC)[C@@H](C)[C@@H]1O[C@@H]1OC(COC(=O)c2ccccc2)[C@@H](O[C@@H]2O[C@@H](COC(C)=O)[C@@H](O[C@H]3O[C@@H](COC(C)=O)[C@@H](C)C(C)C3C)C(C)C2OC(C)=O)[C@H](C)C1C. The topological polar surface area (TPSA) is 367 Å². The molecule has 0 bridgehead atoms. The molecule has 32 heteroatoms. The van der Waals surface area contributed by atoms with E-state index in [4.69, 9.17) is 109 Å². The van der Waals surface area contributed by atoms with Crippen molar-refractivity contribution in [1.82, 2.24) is 0 Å². The number of carbonyl (C=O) groups excluding carboxylic acids is 5. The van der Waals surface area contributed by atoms with Crippen molar-refractivity contribution in [1.29, 1.82) is 0 Å². The minimum Gasteiger partial charge on any atom is -0.463 e. The molecule has 1 N–H and O–H groups in total. The van der Waals surface area contributed by atoms with Crippen LogP contribution in [-0.2, 0) is 128 Å². The van der Waals surface area contributed by atoms with Gasteiger partial charge in [-0.3, -0.25) is 19.2 Å². The average Bonchev–Trinajstić information content (AvgIpc) is 0.774. The van der Waals surface area contributed by atoms with Crippen molar-refractivity contribution < 1.29 is 138 Å². The Kier molecular flexibility index (Phi) is 32.4. The van der Waals surface area contributed by atoms with E-state index in [0.717, 1.165) is 0 Å².